The van der Waals surface area contributed by atoms with E-state index in [1.165, 1.54) is 6.07 Å². The van der Waals surface area contributed by atoms with Crippen LogP contribution in [-0.2, 0) is 0 Å². The third-order valence-electron chi connectivity index (χ3n) is 5.53. The molecule has 3 aromatic heterocycles. The van der Waals surface area contributed by atoms with Crippen molar-refractivity contribution in [3.63, 3.8) is 0 Å². The number of carbonyl (C=O) groups excluding carboxylic acids is 1. The average Bonchev–Trinajstić information content (AvgIpc) is 3.19. The number of urea groups is 1. The Balaban J connectivity index is 1.47. The molecule has 1 aromatic carbocycles. The highest BCUT2D eigenvalue weighted by Gasteiger charge is 2.18. The van der Waals surface area contributed by atoms with Gasteiger partial charge in [-0.15, -0.1) is 0 Å². The Morgan fingerprint density at radius 1 is 1.03 bits per heavy atom. The predicted octanol–water partition coefficient (Wildman–Crippen LogP) is 6.56. The minimum Gasteiger partial charge on any atom is -0.311 e. The lowest BCUT2D eigenvalue weighted by Gasteiger charge is -2.10. The second-order valence-electron chi connectivity index (χ2n) is 8.04. The number of nitrogens with zero attached hydrogens (tertiary/aromatic N) is 4. The Labute approximate surface area is 216 Å². The summed E-state index contributed by atoms with van der Waals surface area (Å²) >= 11 is 12.1. The van der Waals surface area contributed by atoms with Crippen LogP contribution in [0.3, 0.4) is 0 Å². The van der Waals surface area contributed by atoms with Crippen molar-refractivity contribution in [3.8, 4) is 22.5 Å². The predicted molar refractivity (Wildman–Crippen MR) is 139 cm³/mol. The molecule has 1 aliphatic carbocycles. The lowest BCUT2D eigenvalue weighted by molar-refractivity contribution is 0.254. The lowest BCUT2D eigenvalue weighted by atomic mass is 10.0. The molecule has 0 bridgehead atoms. The highest BCUT2D eigenvalue weighted by Crippen LogP contribution is 2.33. The second-order valence-corrected chi connectivity index (χ2v) is 8.85. The Bertz CT molecular complexity index is 1590. The van der Waals surface area contributed by atoms with E-state index in [4.69, 9.17) is 28.2 Å². The number of fused-ring (bicyclic) bond motifs is 1. The molecule has 0 saturated heterocycles. The van der Waals surface area contributed by atoms with Gasteiger partial charge in [0.1, 0.15) is 17.3 Å². The van der Waals surface area contributed by atoms with Crippen LogP contribution in [0.2, 0.25) is 0 Å². The number of rotatable bonds is 4. The van der Waals surface area contributed by atoms with Gasteiger partial charge in [0, 0.05) is 35.6 Å². The van der Waals surface area contributed by atoms with Crippen LogP contribution in [0.5, 0.6) is 0 Å². The Hall–Kier alpha value is -4.01. The van der Waals surface area contributed by atoms with Gasteiger partial charge in [-0.3, -0.25) is 5.32 Å². The van der Waals surface area contributed by atoms with Gasteiger partial charge in [-0.2, -0.15) is 5.10 Å². The van der Waals surface area contributed by atoms with E-state index in [1.807, 2.05) is 6.07 Å². The molecule has 180 valence electrons. The Kier molecular flexibility index (Phi) is 6.54. The zero-order valence-electron chi connectivity index (χ0n) is 19.0. The summed E-state index contributed by atoms with van der Waals surface area (Å²) in [5.74, 6) is 0.0383. The van der Waals surface area contributed by atoms with Gasteiger partial charge in [-0.1, -0.05) is 29.3 Å². The summed E-state index contributed by atoms with van der Waals surface area (Å²) in [5.41, 5.74) is 4.56. The maximum absolute atomic E-state index is 13.9. The quantitative estimate of drug-likeness (QED) is 0.319. The fraction of sp³-hybridized carbons (Fsp3) is 0.0769. The molecule has 0 saturated carbocycles. The van der Waals surface area contributed by atoms with E-state index in [1.54, 1.807) is 72.4 Å². The van der Waals surface area contributed by atoms with Crippen LogP contribution in [0, 0.1) is 12.7 Å². The first-order chi connectivity index (χ1) is 17.4. The van der Waals surface area contributed by atoms with Crippen LogP contribution in [0.4, 0.5) is 15.0 Å². The number of anilines is 1. The normalized spacial score (nSPS) is 13.5. The van der Waals surface area contributed by atoms with Crippen molar-refractivity contribution in [2.75, 3.05) is 5.32 Å². The molecule has 0 fully saturated rings. The standard InChI is InChI=1S/C26H19Cl2FN6O/c1-15-13-16(4-9-21(15)29)24-25(35-23(34-24)3-2-11-31-35)17-10-12-30-22(14-17)33-26(36)32-18-5-7-19(27)20(28)8-6-18/h2-5,7-14H,6H2,1H3,(H2,30,32,33,36). The first-order valence-electron chi connectivity index (χ1n) is 11.0. The number of imidazole rings is 1. The van der Waals surface area contributed by atoms with Gasteiger partial charge >= 0.3 is 6.03 Å². The van der Waals surface area contributed by atoms with Gasteiger partial charge in [-0.05, 0) is 67.1 Å². The number of aromatic nitrogens is 4. The first kappa shape index (κ1) is 23.7. The molecular formula is C26H19Cl2FN6O. The van der Waals surface area contributed by atoms with Gasteiger partial charge in [0.2, 0.25) is 0 Å². The molecule has 10 heteroatoms. The zero-order valence-corrected chi connectivity index (χ0v) is 20.5. The number of amides is 2. The summed E-state index contributed by atoms with van der Waals surface area (Å²) < 4.78 is 15.6. The van der Waals surface area contributed by atoms with Crippen molar-refractivity contribution in [3.05, 3.63) is 100 Å². The molecule has 3 heterocycles. The molecule has 7 nitrogen and oxygen atoms in total. The van der Waals surface area contributed by atoms with E-state index in [0.717, 1.165) is 11.1 Å². The number of pyridine rings is 1. The second kappa shape index (κ2) is 9.93. The third-order valence-corrected chi connectivity index (χ3v) is 6.32. The monoisotopic (exact) mass is 520 g/mol. The summed E-state index contributed by atoms with van der Waals surface area (Å²) in [6, 6.07) is 11.5. The van der Waals surface area contributed by atoms with Crippen LogP contribution < -0.4 is 10.6 Å². The topological polar surface area (TPSA) is 84.2 Å². The molecular weight excluding hydrogens is 502 g/mol. The summed E-state index contributed by atoms with van der Waals surface area (Å²) in [6.45, 7) is 1.71. The van der Waals surface area contributed by atoms with Crippen LogP contribution in [0.15, 0.2) is 88.8 Å². The first-order valence-corrected chi connectivity index (χ1v) is 11.7. The number of halogens is 3. The molecule has 0 unspecified atom stereocenters. The molecule has 0 atom stereocenters. The molecule has 36 heavy (non-hydrogen) atoms. The van der Waals surface area contributed by atoms with Crippen LogP contribution >= 0.6 is 23.2 Å². The van der Waals surface area contributed by atoms with E-state index >= 15 is 0 Å². The van der Waals surface area contributed by atoms with Crippen molar-refractivity contribution >= 4 is 40.7 Å². The van der Waals surface area contributed by atoms with Crippen molar-refractivity contribution in [2.24, 2.45) is 0 Å². The van der Waals surface area contributed by atoms with Crippen molar-refractivity contribution in [1.82, 2.24) is 24.9 Å². The minimum absolute atomic E-state index is 0.289. The van der Waals surface area contributed by atoms with Crippen molar-refractivity contribution in [1.29, 1.82) is 0 Å². The van der Waals surface area contributed by atoms with Gasteiger partial charge in [0.05, 0.1) is 15.8 Å². The Morgan fingerprint density at radius 3 is 2.72 bits per heavy atom. The lowest BCUT2D eigenvalue weighted by Crippen LogP contribution is -2.28. The Morgan fingerprint density at radius 2 is 1.89 bits per heavy atom. The van der Waals surface area contributed by atoms with Crippen LogP contribution in [-0.4, -0.2) is 25.6 Å². The van der Waals surface area contributed by atoms with Gasteiger partial charge < -0.3 is 5.32 Å². The molecule has 1 aliphatic rings. The summed E-state index contributed by atoms with van der Waals surface area (Å²) in [7, 11) is 0. The number of benzene rings is 1. The maximum atomic E-state index is 13.9. The van der Waals surface area contributed by atoms with E-state index in [9.17, 15) is 9.18 Å². The molecule has 0 radical (unpaired) electrons. The number of hydrogen-bond acceptors (Lipinski definition) is 4. The van der Waals surface area contributed by atoms with E-state index in [-0.39, 0.29) is 5.82 Å². The maximum Gasteiger partial charge on any atom is 0.324 e. The number of carbonyl (C=O) groups is 1. The number of aryl methyl sites for hydroxylation is 1. The fourth-order valence-electron chi connectivity index (χ4n) is 3.79. The zero-order chi connectivity index (χ0) is 25.2. The van der Waals surface area contributed by atoms with Crippen LogP contribution in [0.25, 0.3) is 28.2 Å². The van der Waals surface area contributed by atoms with E-state index in [0.29, 0.717) is 50.6 Å². The van der Waals surface area contributed by atoms with E-state index < -0.39 is 6.03 Å². The van der Waals surface area contributed by atoms with Gasteiger partial charge in [0.25, 0.3) is 0 Å². The largest absolute Gasteiger partial charge is 0.324 e. The molecule has 0 spiro atoms. The van der Waals surface area contributed by atoms with Gasteiger partial charge in [0.15, 0.2) is 5.65 Å². The fourth-order valence-corrected chi connectivity index (χ4v) is 4.07. The highest BCUT2D eigenvalue weighted by molar-refractivity contribution is 6.44. The molecule has 4 aromatic rings. The minimum atomic E-state index is -0.465. The average molecular weight is 521 g/mol. The number of hydrogen-bond donors (Lipinski definition) is 2. The molecule has 2 amide bonds. The highest BCUT2D eigenvalue weighted by atomic mass is 35.5. The van der Waals surface area contributed by atoms with Gasteiger partial charge in [-0.25, -0.2) is 23.7 Å². The van der Waals surface area contributed by atoms with Crippen molar-refractivity contribution in [2.45, 2.75) is 13.3 Å². The summed E-state index contributed by atoms with van der Waals surface area (Å²) in [5, 5.41) is 10.8. The SMILES string of the molecule is Cc1cc(-c2nc3cccnn3c2-c2ccnc(NC(=O)NC3=CC=C(Cl)C(Cl)=CC3)c2)ccc1F. The number of nitrogens with one attached hydrogen (secondary N) is 2. The van der Waals surface area contributed by atoms with Crippen molar-refractivity contribution < 1.29 is 9.18 Å². The smallest absolute Gasteiger partial charge is 0.311 e. The summed E-state index contributed by atoms with van der Waals surface area (Å²) in [4.78, 5) is 21.7. The van der Waals surface area contributed by atoms with Crippen LogP contribution in [0.1, 0.15) is 12.0 Å². The molecule has 0 aliphatic heterocycles. The molecule has 5 rings (SSSR count). The van der Waals surface area contributed by atoms with E-state index in [2.05, 4.69) is 20.7 Å². The molecule has 2 N–H and O–H groups in total. The number of allylic oxidation sites excluding steroid dienone is 5. The summed E-state index contributed by atoms with van der Waals surface area (Å²) in [6.07, 6.45) is 8.70. The third kappa shape index (κ3) is 4.86.